The highest BCUT2D eigenvalue weighted by molar-refractivity contribution is 5.54. The molecule has 1 aliphatic rings. The Hall–Kier alpha value is -2.66. The summed E-state index contributed by atoms with van der Waals surface area (Å²) in [4.78, 5) is 15.4. The van der Waals surface area contributed by atoms with E-state index in [2.05, 4.69) is 14.9 Å². The maximum absolute atomic E-state index is 13.8. The third-order valence-corrected chi connectivity index (χ3v) is 4.30. The van der Waals surface area contributed by atoms with E-state index in [1.165, 1.54) is 6.07 Å². The van der Waals surface area contributed by atoms with Crippen LogP contribution >= 0.6 is 0 Å². The number of aromatic nitrogens is 3. The third kappa shape index (κ3) is 3.03. The number of fused-ring (bicyclic) bond motifs is 1. The minimum Gasteiger partial charge on any atom is -0.294 e. The minimum atomic E-state index is -0.146. The van der Waals surface area contributed by atoms with Crippen LogP contribution in [0.15, 0.2) is 55.0 Å². The summed E-state index contributed by atoms with van der Waals surface area (Å²) in [5, 5.41) is 0. The fraction of sp³-hybridized carbons (Fsp3) is 0.211. The molecule has 1 aromatic carbocycles. The van der Waals surface area contributed by atoms with E-state index in [-0.39, 0.29) is 5.82 Å². The monoisotopic (exact) mass is 320 g/mol. The van der Waals surface area contributed by atoms with E-state index < -0.39 is 0 Å². The first-order valence-electron chi connectivity index (χ1n) is 8.00. The van der Waals surface area contributed by atoms with E-state index in [0.29, 0.717) is 6.54 Å². The van der Waals surface area contributed by atoms with E-state index in [4.69, 9.17) is 4.98 Å². The molecule has 120 valence electrons. The van der Waals surface area contributed by atoms with Gasteiger partial charge in [-0.1, -0.05) is 18.2 Å². The summed E-state index contributed by atoms with van der Waals surface area (Å²) < 4.78 is 13.8. The molecule has 5 heteroatoms. The van der Waals surface area contributed by atoms with E-state index >= 15 is 0 Å². The van der Waals surface area contributed by atoms with Crippen LogP contribution in [0.2, 0.25) is 0 Å². The Bertz CT molecular complexity index is 851. The van der Waals surface area contributed by atoms with Crippen LogP contribution in [0.5, 0.6) is 0 Å². The molecule has 2 aromatic heterocycles. The maximum Gasteiger partial charge on any atom is 0.159 e. The smallest absolute Gasteiger partial charge is 0.159 e. The number of nitrogens with zero attached hydrogens (tertiary/aromatic N) is 4. The Kier molecular flexibility index (Phi) is 4.01. The Morgan fingerprint density at radius 2 is 1.92 bits per heavy atom. The molecule has 0 saturated heterocycles. The van der Waals surface area contributed by atoms with Gasteiger partial charge in [-0.05, 0) is 18.2 Å². The van der Waals surface area contributed by atoms with Crippen LogP contribution in [0, 0.1) is 5.82 Å². The summed E-state index contributed by atoms with van der Waals surface area (Å²) in [6.45, 7) is 2.23. The summed E-state index contributed by atoms with van der Waals surface area (Å²) in [6, 6.07) is 10.8. The lowest BCUT2D eigenvalue weighted by molar-refractivity contribution is 0.239. The lowest BCUT2D eigenvalue weighted by Gasteiger charge is -2.28. The number of rotatable bonds is 3. The molecular formula is C19H17FN4. The second-order valence-electron chi connectivity index (χ2n) is 5.95. The predicted molar refractivity (Wildman–Crippen MR) is 89.5 cm³/mol. The van der Waals surface area contributed by atoms with Crippen LogP contribution in [0.1, 0.15) is 16.8 Å². The van der Waals surface area contributed by atoms with Gasteiger partial charge < -0.3 is 0 Å². The van der Waals surface area contributed by atoms with E-state index in [9.17, 15) is 4.39 Å². The quantitative estimate of drug-likeness (QED) is 0.743. The number of benzene rings is 1. The minimum absolute atomic E-state index is 0.146. The molecule has 0 spiro atoms. The van der Waals surface area contributed by atoms with E-state index in [1.807, 2.05) is 30.5 Å². The molecule has 0 fully saturated rings. The lowest BCUT2D eigenvalue weighted by atomic mass is 10.1. The van der Waals surface area contributed by atoms with Gasteiger partial charge in [-0.15, -0.1) is 0 Å². The molecule has 1 aliphatic heterocycles. The Balaban J connectivity index is 1.53. The third-order valence-electron chi connectivity index (χ3n) is 4.30. The molecule has 0 bridgehead atoms. The molecule has 0 atom stereocenters. The summed E-state index contributed by atoms with van der Waals surface area (Å²) in [5.41, 5.74) is 3.91. The van der Waals surface area contributed by atoms with Crippen molar-refractivity contribution in [1.29, 1.82) is 0 Å². The van der Waals surface area contributed by atoms with Gasteiger partial charge in [0.05, 0.1) is 5.69 Å². The van der Waals surface area contributed by atoms with E-state index in [0.717, 1.165) is 47.7 Å². The van der Waals surface area contributed by atoms with Crippen molar-refractivity contribution >= 4 is 0 Å². The highest BCUT2D eigenvalue weighted by Gasteiger charge is 2.19. The first-order valence-corrected chi connectivity index (χ1v) is 8.00. The number of halogens is 1. The Labute approximate surface area is 140 Å². The van der Waals surface area contributed by atoms with Gasteiger partial charge in [-0.2, -0.15) is 0 Å². The zero-order valence-corrected chi connectivity index (χ0v) is 13.2. The average Bonchev–Trinajstić information content (AvgIpc) is 2.64. The van der Waals surface area contributed by atoms with Gasteiger partial charge in [-0.25, -0.2) is 14.4 Å². The maximum atomic E-state index is 13.8. The van der Waals surface area contributed by atoms with Crippen molar-refractivity contribution in [2.45, 2.75) is 19.5 Å². The van der Waals surface area contributed by atoms with Crippen molar-refractivity contribution in [3.8, 4) is 11.4 Å². The lowest BCUT2D eigenvalue weighted by Crippen LogP contribution is -2.31. The van der Waals surface area contributed by atoms with Crippen LogP contribution in [-0.2, 0) is 19.5 Å². The number of hydrogen-bond donors (Lipinski definition) is 0. The molecule has 0 radical (unpaired) electrons. The van der Waals surface area contributed by atoms with Crippen LogP contribution in [0.4, 0.5) is 4.39 Å². The summed E-state index contributed by atoms with van der Waals surface area (Å²) in [6.07, 6.45) is 6.23. The topological polar surface area (TPSA) is 41.9 Å². The normalized spacial score (nSPS) is 14.4. The molecule has 3 aromatic rings. The molecular weight excluding hydrogens is 303 g/mol. The van der Waals surface area contributed by atoms with Gasteiger partial charge in [0.1, 0.15) is 5.82 Å². The first-order chi connectivity index (χ1) is 11.8. The first kappa shape index (κ1) is 14.9. The van der Waals surface area contributed by atoms with Gasteiger partial charge in [-0.3, -0.25) is 9.88 Å². The molecule has 0 aliphatic carbocycles. The average molecular weight is 320 g/mol. The zero-order valence-electron chi connectivity index (χ0n) is 13.2. The van der Waals surface area contributed by atoms with Gasteiger partial charge in [0.2, 0.25) is 0 Å². The highest BCUT2D eigenvalue weighted by Crippen LogP contribution is 2.22. The van der Waals surface area contributed by atoms with Crippen molar-refractivity contribution in [2.24, 2.45) is 0 Å². The van der Waals surface area contributed by atoms with Crippen molar-refractivity contribution in [1.82, 2.24) is 19.9 Å². The zero-order chi connectivity index (χ0) is 16.4. The van der Waals surface area contributed by atoms with Crippen LogP contribution in [0.3, 0.4) is 0 Å². The molecule has 4 nitrogen and oxygen atoms in total. The van der Waals surface area contributed by atoms with Gasteiger partial charge >= 0.3 is 0 Å². The number of pyridine rings is 1. The van der Waals surface area contributed by atoms with Crippen molar-refractivity contribution in [3.63, 3.8) is 0 Å². The molecule has 3 heterocycles. The SMILES string of the molecule is Fc1ccccc1CN1CCc2nc(-c3ccncc3)ncc2C1. The van der Waals surface area contributed by atoms with Gasteiger partial charge in [0.25, 0.3) is 0 Å². The number of hydrogen-bond acceptors (Lipinski definition) is 4. The summed E-state index contributed by atoms with van der Waals surface area (Å²) in [7, 11) is 0. The molecule has 4 rings (SSSR count). The second-order valence-corrected chi connectivity index (χ2v) is 5.95. The molecule has 0 amide bonds. The van der Waals surface area contributed by atoms with Crippen LogP contribution < -0.4 is 0 Å². The van der Waals surface area contributed by atoms with Crippen molar-refractivity contribution in [3.05, 3.63) is 77.6 Å². The van der Waals surface area contributed by atoms with Gasteiger partial charge in [0.15, 0.2) is 5.82 Å². The van der Waals surface area contributed by atoms with Crippen LogP contribution in [-0.4, -0.2) is 26.4 Å². The summed E-state index contributed by atoms with van der Waals surface area (Å²) in [5.74, 6) is 0.589. The van der Waals surface area contributed by atoms with Crippen molar-refractivity contribution < 1.29 is 4.39 Å². The second kappa shape index (κ2) is 6.45. The summed E-state index contributed by atoms with van der Waals surface area (Å²) >= 11 is 0. The Morgan fingerprint density at radius 1 is 1.08 bits per heavy atom. The Morgan fingerprint density at radius 3 is 2.75 bits per heavy atom. The highest BCUT2D eigenvalue weighted by atomic mass is 19.1. The van der Waals surface area contributed by atoms with Gasteiger partial charge in [0, 0.05) is 61.3 Å². The molecule has 0 saturated carbocycles. The van der Waals surface area contributed by atoms with Crippen LogP contribution in [0.25, 0.3) is 11.4 Å². The van der Waals surface area contributed by atoms with E-state index in [1.54, 1.807) is 18.5 Å². The molecule has 0 N–H and O–H groups in total. The molecule has 0 unspecified atom stereocenters. The largest absolute Gasteiger partial charge is 0.294 e. The predicted octanol–water partition coefficient (Wildman–Crippen LogP) is 3.24. The molecule has 24 heavy (non-hydrogen) atoms. The fourth-order valence-corrected chi connectivity index (χ4v) is 3.02. The fourth-order valence-electron chi connectivity index (χ4n) is 3.02. The van der Waals surface area contributed by atoms with Crippen molar-refractivity contribution in [2.75, 3.05) is 6.54 Å². The standard InChI is InChI=1S/C19H17FN4/c20-17-4-2-1-3-15(17)12-24-10-7-18-16(13-24)11-22-19(23-18)14-5-8-21-9-6-14/h1-6,8-9,11H,7,10,12-13H2.